The fraction of sp³-hybridized carbons (Fsp3) is 0.345. The number of carbonyl (C=O) groups is 1. The zero-order chi connectivity index (χ0) is 26.6. The molecule has 0 bridgehead atoms. The van der Waals surface area contributed by atoms with Crippen LogP contribution in [0.4, 0.5) is 4.39 Å². The molecule has 3 aromatic carbocycles. The molecule has 8 nitrogen and oxygen atoms in total. The van der Waals surface area contributed by atoms with Crippen LogP contribution in [0, 0.1) is 5.82 Å². The summed E-state index contributed by atoms with van der Waals surface area (Å²) in [6.07, 6.45) is 0.824. The molecule has 5 rings (SSSR count). The topological polar surface area (TPSA) is 109 Å². The number of rotatable bonds is 9. The molecule has 1 saturated heterocycles. The fourth-order valence-electron chi connectivity index (χ4n) is 5.26. The number of nitrogens with zero attached hydrogens (tertiary/aromatic N) is 4. The summed E-state index contributed by atoms with van der Waals surface area (Å²) in [6, 6.07) is 21.0. The number of hydrogen-bond donors (Lipinski definition) is 3. The van der Waals surface area contributed by atoms with Gasteiger partial charge in [0.1, 0.15) is 17.6 Å². The number of benzene rings is 3. The number of aryl methyl sites for hydroxylation is 2. The highest BCUT2D eigenvalue weighted by Crippen LogP contribution is 2.34. The van der Waals surface area contributed by atoms with Gasteiger partial charge in [-0.1, -0.05) is 53.7 Å². The Hall–Kier alpha value is -3.66. The highest BCUT2D eigenvalue weighted by Gasteiger charge is 2.42. The van der Waals surface area contributed by atoms with E-state index in [2.05, 4.69) is 15.6 Å². The van der Waals surface area contributed by atoms with Gasteiger partial charge in [0, 0.05) is 26.2 Å². The Balaban J connectivity index is 1.29. The van der Waals surface area contributed by atoms with E-state index in [1.165, 1.54) is 12.1 Å². The van der Waals surface area contributed by atoms with Gasteiger partial charge in [-0.3, -0.25) is 9.69 Å². The Morgan fingerprint density at radius 3 is 2.66 bits per heavy atom. The molecule has 38 heavy (non-hydrogen) atoms. The van der Waals surface area contributed by atoms with Crippen LogP contribution in [0.2, 0.25) is 0 Å². The normalized spacial score (nSPS) is 19.5. The molecule has 0 spiro atoms. The minimum absolute atomic E-state index is 0.0294. The van der Waals surface area contributed by atoms with Gasteiger partial charge in [0.2, 0.25) is 5.91 Å². The SMILES string of the molecule is Cn1nnc2cc(CNC(=O)C3CC(c4ccc(F)cc4)CN3C(O)C(N)CCc3ccccc3)ccc21. The van der Waals surface area contributed by atoms with E-state index in [-0.39, 0.29) is 17.6 Å². The molecule has 1 amide bonds. The molecule has 0 saturated carbocycles. The predicted molar refractivity (Wildman–Crippen MR) is 143 cm³/mol. The summed E-state index contributed by atoms with van der Waals surface area (Å²) in [5.41, 5.74) is 11.1. The zero-order valence-electron chi connectivity index (χ0n) is 21.4. The van der Waals surface area contributed by atoms with Crippen molar-refractivity contribution in [2.75, 3.05) is 6.54 Å². The maximum absolute atomic E-state index is 13.5. The first-order chi connectivity index (χ1) is 18.4. The molecule has 4 aromatic rings. The van der Waals surface area contributed by atoms with E-state index in [4.69, 9.17) is 5.73 Å². The average Bonchev–Trinajstić information content (AvgIpc) is 3.55. The average molecular weight is 517 g/mol. The molecule has 9 heteroatoms. The maximum Gasteiger partial charge on any atom is 0.237 e. The summed E-state index contributed by atoms with van der Waals surface area (Å²) in [4.78, 5) is 15.2. The third-order valence-electron chi connectivity index (χ3n) is 7.46. The van der Waals surface area contributed by atoms with Crippen LogP contribution in [-0.4, -0.2) is 55.8 Å². The quantitative estimate of drug-likeness (QED) is 0.316. The van der Waals surface area contributed by atoms with Crippen LogP contribution in [0.3, 0.4) is 0 Å². The van der Waals surface area contributed by atoms with E-state index in [1.54, 1.807) is 21.7 Å². The van der Waals surface area contributed by atoms with Gasteiger partial charge in [-0.15, -0.1) is 5.10 Å². The molecule has 1 aromatic heterocycles. The van der Waals surface area contributed by atoms with Gasteiger partial charge >= 0.3 is 0 Å². The van der Waals surface area contributed by atoms with Gasteiger partial charge < -0.3 is 16.2 Å². The Morgan fingerprint density at radius 2 is 1.89 bits per heavy atom. The minimum atomic E-state index is -0.990. The molecular formula is C29H33FN6O2. The van der Waals surface area contributed by atoms with Crippen LogP contribution in [0.25, 0.3) is 11.0 Å². The maximum atomic E-state index is 13.5. The number of carbonyl (C=O) groups excluding carboxylic acids is 1. The highest BCUT2D eigenvalue weighted by molar-refractivity contribution is 5.82. The predicted octanol–water partition coefficient (Wildman–Crippen LogP) is 2.86. The Morgan fingerprint density at radius 1 is 1.13 bits per heavy atom. The first kappa shape index (κ1) is 26.0. The lowest BCUT2D eigenvalue weighted by Crippen LogP contribution is -2.54. The van der Waals surface area contributed by atoms with Crippen LogP contribution in [0.15, 0.2) is 72.8 Å². The third kappa shape index (κ3) is 5.75. The summed E-state index contributed by atoms with van der Waals surface area (Å²) >= 11 is 0. The van der Waals surface area contributed by atoms with Crippen molar-refractivity contribution in [3.63, 3.8) is 0 Å². The minimum Gasteiger partial charge on any atom is -0.377 e. The molecular weight excluding hydrogens is 483 g/mol. The number of amides is 1. The first-order valence-electron chi connectivity index (χ1n) is 12.9. The second-order valence-electron chi connectivity index (χ2n) is 10.1. The number of aromatic nitrogens is 3. The molecule has 2 heterocycles. The lowest BCUT2D eigenvalue weighted by atomic mass is 9.96. The van der Waals surface area contributed by atoms with Crippen molar-refractivity contribution in [1.82, 2.24) is 25.2 Å². The van der Waals surface area contributed by atoms with Crippen molar-refractivity contribution in [2.24, 2.45) is 12.8 Å². The Bertz CT molecular complexity index is 1380. The van der Waals surface area contributed by atoms with Gasteiger partial charge in [0.25, 0.3) is 0 Å². The van der Waals surface area contributed by atoms with Gasteiger partial charge in [0.05, 0.1) is 11.6 Å². The summed E-state index contributed by atoms with van der Waals surface area (Å²) in [6.45, 7) is 0.780. The smallest absolute Gasteiger partial charge is 0.237 e. The zero-order valence-corrected chi connectivity index (χ0v) is 21.4. The Kier molecular flexibility index (Phi) is 7.78. The standard InChI is InChI=1S/C29H33FN6O2/c1-35-26-14-8-20(15-25(26)33-34-35)17-32-28(37)27-16-22(21-9-11-23(30)12-10-21)18-36(27)29(38)24(31)13-7-19-5-3-2-4-6-19/h2-6,8-12,14-15,22,24,27,29,38H,7,13,16-18,31H2,1H3,(H,32,37). The van der Waals surface area contributed by atoms with Gasteiger partial charge in [-0.05, 0) is 66.1 Å². The lowest BCUT2D eigenvalue weighted by Gasteiger charge is -2.32. The number of hydrogen-bond acceptors (Lipinski definition) is 6. The van der Waals surface area contributed by atoms with Gasteiger partial charge in [0.15, 0.2) is 0 Å². The van der Waals surface area contributed by atoms with Crippen molar-refractivity contribution in [1.29, 1.82) is 0 Å². The summed E-state index contributed by atoms with van der Waals surface area (Å²) in [7, 11) is 1.83. The Labute approximate surface area is 221 Å². The van der Waals surface area contributed by atoms with Gasteiger partial charge in [-0.2, -0.15) is 0 Å². The largest absolute Gasteiger partial charge is 0.377 e. The highest BCUT2D eigenvalue weighted by atomic mass is 19.1. The van der Waals surface area contributed by atoms with Crippen LogP contribution in [0.5, 0.6) is 0 Å². The van der Waals surface area contributed by atoms with Crippen molar-refractivity contribution in [3.05, 3.63) is 95.3 Å². The number of aliphatic hydroxyl groups excluding tert-OH is 1. The van der Waals surface area contributed by atoms with Crippen LogP contribution in [0.1, 0.15) is 35.4 Å². The monoisotopic (exact) mass is 516 g/mol. The van der Waals surface area contributed by atoms with Crippen LogP contribution in [-0.2, 0) is 24.8 Å². The molecule has 1 aliphatic rings. The van der Waals surface area contributed by atoms with E-state index in [0.29, 0.717) is 25.9 Å². The van der Waals surface area contributed by atoms with E-state index in [0.717, 1.165) is 34.1 Å². The van der Waals surface area contributed by atoms with Crippen molar-refractivity contribution in [2.45, 2.75) is 50.0 Å². The fourth-order valence-corrected chi connectivity index (χ4v) is 5.26. The molecule has 0 radical (unpaired) electrons. The molecule has 0 aliphatic carbocycles. The second kappa shape index (κ2) is 11.4. The number of likely N-dealkylation sites (tertiary alicyclic amines) is 1. The van der Waals surface area contributed by atoms with Crippen molar-refractivity contribution >= 4 is 16.9 Å². The molecule has 4 atom stereocenters. The van der Waals surface area contributed by atoms with E-state index in [9.17, 15) is 14.3 Å². The second-order valence-corrected chi connectivity index (χ2v) is 10.1. The third-order valence-corrected chi connectivity index (χ3v) is 7.46. The number of fused-ring (bicyclic) bond motifs is 1. The molecule has 4 unspecified atom stereocenters. The molecule has 1 fully saturated rings. The van der Waals surface area contributed by atoms with E-state index >= 15 is 0 Å². The van der Waals surface area contributed by atoms with E-state index < -0.39 is 18.3 Å². The summed E-state index contributed by atoms with van der Waals surface area (Å²) < 4.78 is 15.2. The molecule has 1 aliphatic heterocycles. The number of nitrogens with one attached hydrogen (secondary N) is 1. The van der Waals surface area contributed by atoms with Crippen LogP contribution >= 0.6 is 0 Å². The lowest BCUT2D eigenvalue weighted by molar-refractivity contribution is -0.130. The number of aliphatic hydroxyl groups is 1. The molecule has 4 N–H and O–H groups in total. The first-order valence-corrected chi connectivity index (χ1v) is 12.9. The number of nitrogens with two attached hydrogens (primary N) is 1. The van der Waals surface area contributed by atoms with E-state index in [1.807, 2.05) is 55.6 Å². The van der Waals surface area contributed by atoms with Crippen molar-refractivity contribution in [3.8, 4) is 0 Å². The molecule has 198 valence electrons. The number of halogens is 1. The summed E-state index contributed by atoms with van der Waals surface area (Å²) in [5, 5.41) is 22.5. The van der Waals surface area contributed by atoms with Gasteiger partial charge in [-0.25, -0.2) is 9.07 Å². The summed E-state index contributed by atoms with van der Waals surface area (Å²) in [5.74, 6) is -0.512. The van der Waals surface area contributed by atoms with Crippen LogP contribution < -0.4 is 11.1 Å². The van der Waals surface area contributed by atoms with Crippen molar-refractivity contribution < 1.29 is 14.3 Å².